The molecule has 1 aliphatic rings. The zero-order chi connectivity index (χ0) is 13.6. The van der Waals surface area contributed by atoms with Crippen LogP contribution >= 0.6 is 0 Å². The van der Waals surface area contributed by atoms with Gasteiger partial charge < -0.3 is 4.74 Å². The minimum atomic E-state index is -4.62. The number of halogens is 3. The van der Waals surface area contributed by atoms with Crippen molar-refractivity contribution in [3.63, 3.8) is 0 Å². The highest BCUT2D eigenvalue weighted by atomic mass is 19.4. The molecule has 0 aliphatic heterocycles. The Balaban J connectivity index is 2.48. The predicted molar refractivity (Wildman–Crippen MR) is 56.1 cm³/mol. The maximum absolute atomic E-state index is 13.0. The van der Waals surface area contributed by atoms with Crippen molar-refractivity contribution in [3.8, 4) is 0 Å². The highest BCUT2D eigenvalue weighted by Crippen LogP contribution is 2.51. The molecule has 0 bridgehead atoms. The van der Waals surface area contributed by atoms with Gasteiger partial charge in [-0.05, 0) is 19.8 Å². The van der Waals surface area contributed by atoms with E-state index in [2.05, 4.69) is 14.9 Å². The molecular weight excluding hydrogens is 249 g/mol. The topological polar surface area (TPSA) is 55.0 Å². The number of nitrogens with zero attached hydrogens (tertiary/aromatic N) is 1. The van der Waals surface area contributed by atoms with Crippen molar-refractivity contribution in [2.24, 2.45) is 0 Å². The molecule has 0 spiro atoms. The average Bonchev–Trinajstić information content (AvgIpc) is 2.83. The molecule has 1 aromatic rings. The number of aromatic nitrogens is 2. The van der Waals surface area contributed by atoms with Gasteiger partial charge in [0.2, 0.25) is 0 Å². The van der Waals surface area contributed by atoms with E-state index in [0.29, 0.717) is 12.8 Å². The van der Waals surface area contributed by atoms with Crippen LogP contribution in [0.4, 0.5) is 13.2 Å². The molecule has 2 rings (SSSR count). The monoisotopic (exact) mass is 262 g/mol. The summed E-state index contributed by atoms with van der Waals surface area (Å²) in [5.41, 5.74) is -2.23. The molecule has 1 fully saturated rings. The van der Waals surface area contributed by atoms with Crippen molar-refractivity contribution >= 4 is 5.97 Å². The molecule has 1 N–H and O–H groups in total. The van der Waals surface area contributed by atoms with Crippen molar-refractivity contribution in [2.75, 3.05) is 6.61 Å². The van der Waals surface area contributed by atoms with Gasteiger partial charge in [-0.25, -0.2) is 4.79 Å². The first-order valence-corrected chi connectivity index (χ1v) is 5.63. The molecule has 1 aromatic heterocycles. The Kier molecular flexibility index (Phi) is 2.87. The van der Waals surface area contributed by atoms with Crippen LogP contribution in [0.5, 0.6) is 0 Å². The number of rotatable bonds is 3. The first kappa shape index (κ1) is 12.9. The van der Waals surface area contributed by atoms with Crippen molar-refractivity contribution < 1.29 is 22.7 Å². The van der Waals surface area contributed by atoms with E-state index in [-0.39, 0.29) is 12.3 Å². The molecule has 0 saturated heterocycles. The maximum Gasteiger partial charge on any atom is 0.420 e. The van der Waals surface area contributed by atoms with Crippen molar-refractivity contribution in [3.05, 3.63) is 17.0 Å². The second-order valence-corrected chi connectivity index (χ2v) is 4.60. The van der Waals surface area contributed by atoms with Gasteiger partial charge in [-0.1, -0.05) is 6.92 Å². The number of aromatic amines is 1. The van der Waals surface area contributed by atoms with E-state index in [0.717, 1.165) is 0 Å². The van der Waals surface area contributed by atoms with Gasteiger partial charge in [0.1, 0.15) is 5.56 Å². The molecule has 1 heterocycles. The highest BCUT2D eigenvalue weighted by Gasteiger charge is 2.50. The fourth-order valence-corrected chi connectivity index (χ4v) is 1.84. The van der Waals surface area contributed by atoms with Crippen LogP contribution in [-0.2, 0) is 16.3 Å². The second-order valence-electron chi connectivity index (χ2n) is 4.60. The average molecular weight is 262 g/mol. The van der Waals surface area contributed by atoms with Gasteiger partial charge >= 0.3 is 12.1 Å². The van der Waals surface area contributed by atoms with Crippen LogP contribution in [0.25, 0.3) is 0 Å². The third kappa shape index (κ3) is 2.09. The molecule has 1 saturated carbocycles. The molecular formula is C11H13F3N2O2. The van der Waals surface area contributed by atoms with Crippen LogP contribution in [0.3, 0.4) is 0 Å². The Hall–Kier alpha value is -1.53. The number of carbonyl (C=O) groups excluding carboxylic acids is 1. The molecule has 0 radical (unpaired) electrons. The van der Waals surface area contributed by atoms with Crippen LogP contribution < -0.4 is 0 Å². The summed E-state index contributed by atoms with van der Waals surface area (Å²) in [6.45, 7) is 3.25. The molecule has 7 heteroatoms. The van der Waals surface area contributed by atoms with Crippen molar-refractivity contribution in [1.82, 2.24) is 10.2 Å². The summed E-state index contributed by atoms with van der Waals surface area (Å²) in [7, 11) is 0. The summed E-state index contributed by atoms with van der Waals surface area (Å²) in [4.78, 5) is 11.5. The van der Waals surface area contributed by atoms with Crippen molar-refractivity contribution in [2.45, 2.75) is 38.3 Å². The van der Waals surface area contributed by atoms with Gasteiger partial charge in [0.15, 0.2) is 5.69 Å². The number of esters is 1. The van der Waals surface area contributed by atoms with Crippen LogP contribution in [0.1, 0.15) is 48.4 Å². The summed E-state index contributed by atoms with van der Waals surface area (Å²) >= 11 is 0. The minimum absolute atomic E-state index is 0.00952. The van der Waals surface area contributed by atoms with Gasteiger partial charge in [-0.3, -0.25) is 5.10 Å². The highest BCUT2D eigenvalue weighted by molar-refractivity contribution is 5.89. The molecule has 1 aliphatic carbocycles. The van der Waals surface area contributed by atoms with Crippen LogP contribution in [0.15, 0.2) is 0 Å². The number of hydrogen-bond donors (Lipinski definition) is 1. The first-order chi connectivity index (χ1) is 8.29. The third-order valence-corrected chi connectivity index (χ3v) is 3.12. The quantitative estimate of drug-likeness (QED) is 0.852. The number of carbonyl (C=O) groups is 1. The molecule has 0 aromatic carbocycles. The van der Waals surface area contributed by atoms with Crippen molar-refractivity contribution in [1.29, 1.82) is 0 Å². The second kappa shape index (κ2) is 4.00. The van der Waals surface area contributed by atoms with E-state index >= 15 is 0 Å². The van der Waals surface area contributed by atoms with Gasteiger partial charge in [0, 0.05) is 5.41 Å². The third-order valence-electron chi connectivity index (χ3n) is 3.12. The molecule has 18 heavy (non-hydrogen) atoms. The lowest BCUT2D eigenvalue weighted by Crippen LogP contribution is -2.18. The zero-order valence-electron chi connectivity index (χ0n) is 10.0. The Morgan fingerprint density at radius 1 is 1.50 bits per heavy atom. The lowest BCUT2D eigenvalue weighted by molar-refractivity contribution is -0.139. The Bertz CT molecular complexity index is 475. The first-order valence-electron chi connectivity index (χ1n) is 5.63. The number of hydrogen-bond acceptors (Lipinski definition) is 3. The SMILES string of the molecule is CCOC(=O)c1n[nH]c(C2(C)CC2)c1C(F)(F)F. The van der Waals surface area contributed by atoms with E-state index in [1.54, 1.807) is 6.92 Å². The normalized spacial score (nSPS) is 17.6. The zero-order valence-corrected chi connectivity index (χ0v) is 10.0. The standard InChI is InChI=1S/C11H13F3N2O2/c1-3-18-9(17)7-6(11(12,13)14)8(16-15-7)10(2)4-5-10/h3-5H2,1-2H3,(H,15,16). The largest absolute Gasteiger partial charge is 0.461 e. The van der Waals surface area contributed by atoms with Gasteiger partial charge in [-0.2, -0.15) is 18.3 Å². The van der Waals surface area contributed by atoms with E-state index in [4.69, 9.17) is 0 Å². The van der Waals surface area contributed by atoms with Crippen LogP contribution in [-0.4, -0.2) is 22.8 Å². The Morgan fingerprint density at radius 2 is 2.11 bits per heavy atom. The number of ether oxygens (including phenoxy) is 1. The fourth-order valence-electron chi connectivity index (χ4n) is 1.84. The van der Waals surface area contributed by atoms with E-state index in [9.17, 15) is 18.0 Å². The summed E-state index contributed by atoms with van der Waals surface area (Å²) in [6.07, 6.45) is -3.31. The van der Waals surface area contributed by atoms with Crippen LogP contribution in [0.2, 0.25) is 0 Å². The fraction of sp³-hybridized carbons (Fsp3) is 0.636. The summed E-state index contributed by atoms with van der Waals surface area (Å²) < 4.78 is 43.7. The van der Waals surface area contributed by atoms with Gasteiger partial charge in [-0.15, -0.1) is 0 Å². The minimum Gasteiger partial charge on any atom is -0.461 e. The molecule has 4 nitrogen and oxygen atoms in total. The van der Waals surface area contributed by atoms with Crippen LogP contribution in [0, 0.1) is 0 Å². The van der Waals surface area contributed by atoms with E-state index in [1.807, 2.05) is 0 Å². The lowest BCUT2D eigenvalue weighted by Gasteiger charge is -2.12. The van der Waals surface area contributed by atoms with Gasteiger partial charge in [0.25, 0.3) is 0 Å². The van der Waals surface area contributed by atoms with Gasteiger partial charge in [0.05, 0.1) is 12.3 Å². The number of nitrogens with one attached hydrogen (secondary N) is 1. The maximum atomic E-state index is 13.0. The Labute approximate surface area is 102 Å². The summed E-state index contributed by atoms with van der Waals surface area (Å²) in [5, 5.41) is 5.84. The smallest absolute Gasteiger partial charge is 0.420 e. The number of H-pyrrole nitrogens is 1. The molecule has 0 amide bonds. The molecule has 0 unspecified atom stereocenters. The van der Waals surface area contributed by atoms with E-state index < -0.39 is 28.8 Å². The Morgan fingerprint density at radius 3 is 2.56 bits per heavy atom. The number of alkyl halides is 3. The summed E-state index contributed by atoms with van der Waals surface area (Å²) in [5.74, 6) is -1.04. The lowest BCUT2D eigenvalue weighted by atomic mass is 9.99. The predicted octanol–water partition coefficient (Wildman–Crippen LogP) is 2.66. The van der Waals surface area contributed by atoms with E-state index in [1.165, 1.54) is 6.92 Å². The summed E-state index contributed by atoms with van der Waals surface area (Å²) in [6, 6.07) is 0. The molecule has 100 valence electrons. The molecule has 0 atom stereocenters.